The summed E-state index contributed by atoms with van der Waals surface area (Å²) in [6.07, 6.45) is 1.50. The summed E-state index contributed by atoms with van der Waals surface area (Å²) < 4.78 is 4.70. The molecule has 2 aromatic rings. The summed E-state index contributed by atoms with van der Waals surface area (Å²) in [5.74, 6) is -1.15. The van der Waals surface area contributed by atoms with Crippen LogP contribution < -0.4 is 0 Å². The Balaban J connectivity index is 2.47. The third-order valence-electron chi connectivity index (χ3n) is 2.88. The van der Waals surface area contributed by atoms with Crippen LogP contribution in [-0.2, 0) is 9.53 Å². The van der Waals surface area contributed by atoms with Crippen LogP contribution in [0.25, 0.3) is 6.08 Å². The van der Waals surface area contributed by atoms with E-state index in [2.05, 4.69) is 0 Å². The van der Waals surface area contributed by atoms with Gasteiger partial charge in [0.2, 0.25) is 5.78 Å². The summed E-state index contributed by atoms with van der Waals surface area (Å²) in [6, 6.07) is 15.7. The van der Waals surface area contributed by atoms with Crippen molar-refractivity contribution < 1.29 is 14.3 Å². The van der Waals surface area contributed by atoms with Crippen LogP contribution in [0.3, 0.4) is 0 Å². The van der Waals surface area contributed by atoms with Crippen molar-refractivity contribution in [2.24, 2.45) is 0 Å². The Kier molecular flexibility index (Phi) is 4.90. The van der Waals surface area contributed by atoms with E-state index in [9.17, 15) is 9.59 Å². The van der Waals surface area contributed by atoms with E-state index in [0.29, 0.717) is 5.02 Å². The molecule has 0 fully saturated rings. The zero-order valence-electron chi connectivity index (χ0n) is 11.4. The molecule has 0 unspecified atom stereocenters. The molecule has 3 nitrogen and oxygen atoms in total. The first-order valence-electron chi connectivity index (χ1n) is 6.27. The molecule has 2 rings (SSSR count). The second kappa shape index (κ2) is 6.86. The number of Topliss-reactive ketones (excluding diaryl/α,β-unsaturated/α-hetero) is 1. The summed E-state index contributed by atoms with van der Waals surface area (Å²) in [7, 11) is 1.24. The predicted molar refractivity (Wildman–Crippen MR) is 82.2 cm³/mol. The zero-order valence-corrected chi connectivity index (χ0v) is 12.1. The fourth-order valence-corrected chi connectivity index (χ4v) is 2.06. The Morgan fingerprint density at radius 1 is 1.00 bits per heavy atom. The standard InChI is InChI=1S/C17H13ClO3/c1-21-17(20)14(11-12-7-3-2-4-8-12)16(19)13-9-5-6-10-15(13)18/h2-11H,1H3/b14-11-. The lowest BCUT2D eigenvalue weighted by Crippen LogP contribution is -2.15. The molecule has 0 aliphatic heterocycles. The van der Waals surface area contributed by atoms with Crippen molar-refractivity contribution in [3.63, 3.8) is 0 Å². The number of hydrogen-bond donors (Lipinski definition) is 0. The normalized spacial score (nSPS) is 11.0. The van der Waals surface area contributed by atoms with Crippen molar-refractivity contribution in [1.29, 1.82) is 0 Å². The van der Waals surface area contributed by atoms with Gasteiger partial charge in [0.05, 0.1) is 12.1 Å². The van der Waals surface area contributed by atoms with Gasteiger partial charge in [0, 0.05) is 5.56 Å². The average molecular weight is 301 g/mol. The number of ether oxygens (including phenoxy) is 1. The summed E-state index contributed by atoms with van der Waals surface area (Å²) in [6.45, 7) is 0. The van der Waals surface area contributed by atoms with Crippen LogP contribution in [0, 0.1) is 0 Å². The first-order valence-corrected chi connectivity index (χ1v) is 6.65. The fourth-order valence-electron chi connectivity index (χ4n) is 1.83. The van der Waals surface area contributed by atoms with E-state index in [1.807, 2.05) is 18.2 Å². The SMILES string of the molecule is COC(=O)/C(=C\c1ccccc1)C(=O)c1ccccc1Cl. The Labute approximate surface area is 127 Å². The number of hydrogen-bond acceptors (Lipinski definition) is 3. The lowest BCUT2D eigenvalue weighted by molar-refractivity contribution is -0.135. The number of carbonyl (C=O) groups is 2. The van der Waals surface area contributed by atoms with E-state index in [1.54, 1.807) is 36.4 Å². The average Bonchev–Trinajstić information content (AvgIpc) is 2.53. The Hall–Kier alpha value is -2.39. The van der Waals surface area contributed by atoms with E-state index in [0.717, 1.165) is 5.56 Å². The van der Waals surface area contributed by atoms with Crippen LogP contribution in [0.15, 0.2) is 60.2 Å². The molecule has 0 radical (unpaired) electrons. The molecule has 0 heterocycles. The smallest absolute Gasteiger partial charge is 0.341 e. The summed E-state index contributed by atoms with van der Waals surface area (Å²) in [5, 5.41) is 0.297. The monoisotopic (exact) mass is 300 g/mol. The van der Waals surface area contributed by atoms with E-state index < -0.39 is 11.8 Å². The Morgan fingerprint density at radius 3 is 2.24 bits per heavy atom. The van der Waals surface area contributed by atoms with Crippen LogP contribution in [0.5, 0.6) is 0 Å². The van der Waals surface area contributed by atoms with Crippen molar-refractivity contribution in [2.75, 3.05) is 7.11 Å². The molecule has 21 heavy (non-hydrogen) atoms. The van der Waals surface area contributed by atoms with Crippen LogP contribution in [0.1, 0.15) is 15.9 Å². The molecule has 0 bridgehead atoms. The predicted octanol–water partition coefficient (Wildman–Crippen LogP) is 3.78. The maximum atomic E-state index is 12.5. The molecule has 2 aromatic carbocycles. The number of rotatable bonds is 4. The quantitative estimate of drug-likeness (QED) is 0.284. The minimum Gasteiger partial charge on any atom is -0.465 e. The molecule has 0 aliphatic carbocycles. The van der Waals surface area contributed by atoms with Gasteiger partial charge in [-0.25, -0.2) is 4.79 Å². The number of esters is 1. The topological polar surface area (TPSA) is 43.4 Å². The summed E-state index contributed by atoms with van der Waals surface area (Å²) >= 11 is 6.01. The first-order chi connectivity index (χ1) is 10.1. The van der Waals surface area contributed by atoms with E-state index in [4.69, 9.17) is 16.3 Å². The molecular formula is C17H13ClO3. The van der Waals surface area contributed by atoms with Gasteiger partial charge in [0.15, 0.2) is 0 Å². The summed E-state index contributed by atoms with van der Waals surface area (Å²) in [4.78, 5) is 24.4. The Morgan fingerprint density at radius 2 is 1.62 bits per heavy atom. The number of methoxy groups -OCH3 is 1. The lowest BCUT2D eigenvalue weighted by Gasteiger charge is -2.06. The molecule has 0 atom stereocenters. The van der Waals surface area contributed by atoms with Crippen molar-refractivity contribution in [3.8, 4) is 0 Å². The Bertz CT molecular complexity index is 690. The van der Waals surface area contributed by atoms with Crippen LogP contribution in [0.2, 0.25) is 5.02 Å². The minimum absolute atomic E-state index is 0.0585. The third-order valence-corrected chi connectivity index (χ3v) is 3.21. The van der Waals surface area contributed by atoms with Crippen LogP contribution in [-0.4, -0.2) is 18.9 Å². The van der Waals surface area contributed by atoms with Gasteiger partial charge in [0.1, 0.15) is 5.57 Å². The van der Waals surface area contributed by atoms with E-state index in [1.165, 1.54) is 13.2 Å². The molecule has 0 aromatic heterocycles. The zero-order chi connectivity index (χ0) is 15.2. The maximum Gasteiger partial charge on any atom is 0.341 e. The second-order valence-corrected chi connectivity index (χ2v) is 4.68. The lowest BCUT2D eigenvalue weighted by atomic mass is 10.0. The molecule has 4 heteroatoms. The molecule has 0 amide bonds. The molecule has 0 saturated carbocycles. The van der Waals surface area contributed by atoms with Crippen molar-refractivity contribution in [2.45, 2.75) is 0 Å². The van der Waals surface area contributed by atoms with Gasteiger partial charge in [-0.2, -0.15) is 0 Å². The number of benzene rings is 2. The maximum absolute atomic E-state index is 12.5. The minimum atomic E-state index is -0.691. The number of carbonyl (C=O) groups excluding carboxylic acids is 2. The van der Waals surface area contributed by atoms with Crippen molar-refractivity contribution in [1.82, 2.24) is 0 Å². The molecule has 106 valence electrons. The van der Waals surface area contributed by atoms with Gasteiger partial charge in [-0.05, 0) is 23.8 Å². The van der Waals surface area contributed by atoms with Gasteiger partial charge in [-0.3, -0.25) is 4.79 Å². The van der Waals surface area contributed by atoms with Gasteiger partial charge >= 0.3 is 5.97 Å². The van der Waals surface area contributed by atoms with Crippen LogP contribution >= 0.6 is 11.6 Å². The molecular weight excluding hydrogens is 288 g/mol. The van der Waals surface area contributed by atoms with E-state index in [-0.39, 0.29) is 11.1 Å². The second-order valence-electron chi connectivity index (χ2n) is 4.27. The van der Waals surface area contributed by atoms with E-state index >= 15 is 0 Å². The summed E-state index contributed by atoms with van der Waals surface area (Å²) in [5.41, 5.74) is 0.946. The largest absolute Gasteiger partial charge is 0.465 e. The molecule has 0 spiro atoms. The number of ketones is 1. The molecule has 0 saturated heterocycles. The van der Waals surface area contributed by atoms with Crippen molar-refractivity contribution in [3.05, 3.63) is 76.3 Å². The highest BCUT2D eigenvalue weighted by molar-refractivity contribution is 6.37. The number of halogens is 1. The van der Waals surface area contributed by atoms with Gasteiger partial charge in [0.25, 0.3) is 0 Å². The van der Waals surface area contributed by atoms with Gasteiger partial charge in [-0.15, -0.1) is 0 Å². The molecule has 0 aliphatic rings. The van der Waals surface area contributed by atoms with Crippen molar-refractivity contribution >= 4 is 29.4 Å². The van der Waals surface area contributed by atoms with Gasteiger partial charge in [-0.1, -0.05) is 54.1 Å². The van der Waals surface area contributed by atoms with Gasteiger partial charge < -0.3 is 4.74 Å². The van der Waals surface area contributed by atoms with Crippen LogP contribution in [0.4, 0.5) is 0 Å². The first kappa shape index (κ1) is 15.0. The highest BCUT2D eigenvalue weighted by Gasteiger charge is 2.22. The highest BCUT2D eigenvalue weighted by Crippen LogP contribution is 2.21. The fraction of sp³-hybridized carbons (Fsp3) is 0.0588. The third kappa shape index (κ3) is 3.58. The highest BCUT2D eigenvalue weighted by atomic mass is 35.5. The molecule has 0 N–H and O–H groups in total.